The van der Waals surface area contributed by atoms with Gasteiger partial charge in [0, 0.05) is 11.8 Å². The van der Waals surface area contributed by atoms with Crippen molar-refractivity contribution in [2.24, 2.45) is 0 Å². The highest BCUT2D eigenvalue weighted by molar-refractivity contribution is 9.10. The van der Waals surface area contributed by atoms with Crippen molar-refractivity contribution in [3.05, 3.63) is 63.9 Å². The lowest BCUT2D eigenvalue weighted by atomic mass is 10.2. The fourth-order valence-corrected chi connectivity index (χ4v) is 3.31. The van der Waals surface area contributed by atoms with Gasteiger partial charge in [0.2, 0.25) is 5.91 Å². The Bertz CT molecular complexity index is 965. The van der Waals surface area contributed by atoms with Crippen LogP contribution in [0.1, 0.15) is 36.3 Å². The van der Waals surface area contributed by atoms with Gasteiger partial charge in [-0.05, 0) is 42.3 Å². The fourth-order valence-electron chi connectivity index (χ4n) is 3.00. The second kappa shape index (κ2) is 8.04. The molecule has 1 unspecified atom stereocenters. The number of carbonyl (C=O) groups is 1. The number of nitrogens with one attached hydrogen (secondary N) is 1. The van der Waals surface area contributed by atoms with Crippen molar-refractivity contribution in [3.8, 4) is 0 Å². The van der Waals surface area contributed by atoms with E-state index in [1.165, 1.54) is 6.07 Å². The summed E-state index contributed by atoms with van der Waals surface area (Å²) in [5.74, 6) is -0.435. The summed E-state index contributed by atoms with van der Waals surface area (Å²) >= 11 is 3.35. The monoisotopic (exact) mass is 433 g/mol. The van der Waals surface area contributed by atoms with Gasteiger partial charge in [-0.15, -0.1) is 0 Å². The molecule has 0 aliphatic rings. The zero-order chi connectivity index (χ0) is 19.6. The third kappa shape index (κ3) is 4.10. The molecule has 0 fully saturated rings. The topological polar surface area (TPSA) is 64.7 Å². The number of aromatic nitrogens is 4. The minimum Gasteiger partial charge on any atom is -0.321 e. The summed E-state index contributed by atoms with van der Waals surface area (Å²) in [7, 11) is 0. The van der Waals surface area contributed by atoms with Crippen LogP contribution in [-0.4, -0.2) is 25.5 Å². The second-order valence-corrected chi connectivity index (χ2v) is 7.26. The van der Waals surface area contributed by atoms with Crippen LogP contribution in [0.3, 0.4) is 0 Å². The fraction of sp³-hybridized carbons (Fsp3) is 0.316. The lowest BCUT2D eigenvalue weighted by Crippen LogP contribution is -2.26. The Morgan fingerprint density at radius 3 is 2.70 bits per heavy atom. The van der Waals surface area contributed by atoms with Crippen molar-refractivity contribution in [1.82, 2.24) is 19.6 Å². The first kappa shape index (κ1) is 19.3. The lowest BCUT2D eigenvalue weighted by molar-refractivity contribution is -0.119. The molecule has 1 N–H and O–H groups in total. The van der Waals surface area contributed by atoms with Crippen molar-refractivity contribution >= 4 is 27.5 Å². The number of hydrogen-bond acceptors (Lipinski definition) is 3. The van der Waals surface area contributed by atoms with Crippen molar-refractivity contribution in [2.75, 3.05) is 5.32 Å². The summed E-state index contributed by atoms with van der Waals surface area (Å²) in [5, 5.41) is 11.6. The average Bonchev–Trinajstić information content (AvgIpc) is 3.16. The normalized spacial score (nSPS) is 12.2. The maximum Gasteiger partial charge on any atom is 0.249 e. The summed E-state index contributed by atoms with van der Waals surface area (Å²) in [4.78, 5) is 12.8. The third-order valence-corrected chi connectivity index (χ3v) is 4.90. The smallest absolute Gasteiger partial charge is 0.249 e. The first-order chi connectivity index (χ1) is 12.9. The maximum atomic E-state index is 13.9. The molecule has 1 amide bonds. The van der Waals surface area contributed by atoms with E-state index in [2.05, 4.69) is 31.4 Å². The van der Waals surface area contributed by atoms with Crippen LogP contribution in [0.2, 0.25) is 0 Å². The van der Waals surface area contributed by atoms with E-state index in [0.29, 0.717) is 29.9 Å². The van der Waals surface area contributed by atoms with Gasteiger partial charge in [0.05, 0.1) is 34.3 Å². The summed E-state index contributed by atoms with van der Waals surface area (Å²) in [6, 6.07) is 6.18. The van der Waals surface area contributed by atoms with Crippen molar-refractivity contribution < 1.29 is 9.18 Å². The molecular formula is C19H21BrFN5O. The number of benzene rings is 1. The van der Waals surface area contributed by atoms with Crippen LogP contribution in [0.4, 0.5) is 10.1 Å². The molecule has 3 aromatic rings. The molecule has 6 nitrogen and oxygen atoms in total. The standard InChI is InChI=1S/C19H21BrFN5O/c1-4-17(26-11-15(20)9-22-26)19(27)23-18-12(2)24-25(13(18)3)10-14-7-5-6-8-16(14)21/h5-9,11,17H,4,10H2,1-3H3,(H,23,27). The van der Waals surface area contributed by atoms with Crippen LogP contribution < -0.4 is 5.32 Å². The highest BCUT2D eigenvalue weighted by Crippen LogP contribution is 2.23. The number of rotatable bonds is 6. The van der Waals surface area contributed by atoms with Gasteiger partial charge in [0.25, 0.3) is 0 Å². The van der Waals surface area contributed by atoms with Crippen LogP contribution in [0.25, 0.3) is 0 Å². The number of nitrogens with zero attached hydrogens (tertiary/aromatic N) is 4. The van der Waals surface area contributed by atoms with Gasteiger partial charge < -0.3 is 5.32 Å². The molecule has 0 radical (unpaired) electrons. The average molecular weight is 434 g/mol. The summed E-state index contributed by atoms with van der Waals surface area (Å²) < 4.78 is 18.1. The molecular weight excluding hydrogens is 413 g/mol. The summed E-state index contributed by atoms with van der Waals surface area (Å²) in [6.07, 6.45) is 4.02. The Labute approximate surface area is 165 Å². The largest absolute Gasteiger partial charge is 0.321 e. The van der Waals surface area contributed by atoms with Gasteiger partial charge in [0.1, 0.15) is 11.9 Å². The number of halogens is 2. The number of carbonyl (C=O) groups excluding carboxylic acids is 1. The van der Waals surface area contributed by atoms with E-state index in [1.54, 1.807) is 40.0 Å². The van der Waals surface area contributed by atoms with Crippen LogP contribution in [-0.2, 0) is 11.3 Å². The Morgan fingerprint density at radius 1 is 1.33 bits per heavy atom. The molecule has 1 aromatic carbocycles. The van der Waals surface area contributed by atoms with E-state index >= 15 is 0 Å². The van der Waals surface area contributed by atoms with Gasteiger partial charge in [-0.25, -0.2) is 4.39 Å². The molecule has 142 valence electrons. The Hall–Kier alpha value is -2.48. The minimum atomic E-state index is -0.426. The zero-order valence-corrected chi connectivity index (χ0v) is 17.0. The Kier molecular flexibility index (Phi) is 5.74. The number of amides is 1. The highest BCUT2D eigenvalue weighted by Gasteiger charge is 2.22. The molecule has 0 saturated heterocycles. The van der Waals surface area contributed by atoms with E-state index in [0.717, 1.165) is 10.2 Å². The molecule has 0 aliphatic carbocycles. The van der Waals surface area contributed by atoms with E-state index in [-0.39, 0.29) is 11.7 Å². The molecule has 0 spiro atoms. The minimum absolute atomic E-state index is 0.162. The summed E-state index contributed by atoms with van der Waals surface area (Å²) in [5.41, 5.74) is 2.67. The number of hydrogen-bond donors (Lipinski definition) is 1. The van der Waals surface area contributed by atoms with Crippen LogP contribution in [0.5, 0.6) is 0 Å². The molecule has 2 aromatic heterocycles. The van der Waals surface area contributed by atoms with Gasteiger partial charge in [-0.1, -0.05) is 25.1 Å². The van der Waals surface area contributed by atoms with E-state index < -0.39 is 6.04 Å². The molecule has 0 saturated carbocycles. The first-order valence-corrected chi connectivity index (χ1v) is 9.48. The molecule has 3 rings (SSSR count). The third-order valence-electron chi connectivity index (χ3n) is 4.49. The SMILES string of the molecule is CCC(C(=O)Nc1c(C)nn(Cc2ccccc2F)c1C)n1cc(Br)cn1. The van der Waals surface area contributed by atoms with E-state index in [1.807, 2.05) is 20.8 Å². The van der Waals surface area contributed by atoms with E-state index in [4.69, 9.17) is 0 Å². The number of aryl methyl sites for hydroxylation is 1. The molecule has 8 heteroatoms. The Balaban J connectivity index is 1.82. The molecule has 27 heavy (non-hydrogen) atoms. The maximum absolute atomic E-state index is 13.9. The second-order valence-electron chi connectivity index (χ2n) is 6.35. The first-order valence-electron chi connectivity index (χ1n) is 8.68. The molecule has 0 bridgehead atoms. The van der Waals surface area contributed by atoms with Crippen molar-refractivity contribution in [3.63, 3.8) is 0 Å². The number of anilines is 1. The van der Waals surface area contributed by atoms with E-state index in [9.17, 15) is 9.18 Å². The zero-order valence-electron chi connectivity index (χ0n) is 15.4. The quantitative estimate of drug-likeness (QED) is 0.632. The highest BCUT2D eigenvalue weighted by atomic mass is 79.9. The van der Waals surface area contributed by atoms with Crippen molar-refractivity contribution in [2.45, 2.75) is 39.8 Å². The predicted octanol–water partition coefficient (Wildman–Crippen LogP) is 4.24. The predicted molar refractivity (Wildman–Crippen MR) is 105 cm³/mol. The summed E-state index contributed by atoms with van der Waals surface area (Å²) in [6.45, 7) is 5.92. The Morgan fingerprint density at radius 2 is 2.07 bits per heavy atom. The lowest BCUT2D eigenvalue weighted by Gasteiger charge is -2.16. The molecule has 1 atom stereocenters. The van der Waals surface area contributed by atoms with Crippen LogP contribution in [0.15, 0.2) is 41.1 Å². The van der Waals surface area contributed by atoms with Gasteiger partial charge >= 0.3 is 0 Å². The van der Waals surface area contributed by atoms with Gasteiger partial charge in [-0.3, -0.25) is 14.2 Å². The van der Waals surface area contributed by atoms with Crippen LogP contribution >= 0.6 is 15.9 Å². The van der Waals surface area contributed by atoms with Crippen LogP contribution in [0, 0.1) is 19.7 Å². The van der Waals surface area contributed by atoms with Gasteiger partial charge in [-0.2, -0.15) is 10.2 Å². The molecule has 2 heterocycles. The van der Waals surface area contributed by atoms with Crippen molar-refractivity contribution in [1.29, 1.82) is 0 Å². The molecule has 0 aliphatic heterocycles. The van der Waals surface area contributed by atoms with Gasteiger partial charge in [0.15, 0.2) is 0 Å².